The molecule has 0 aliphatic heterocycles. The van der Waals surface area contributed by atoms with Crippen molar-refractivity contribution in [3.63, 3.8) is 0 Å². The molecule has 0 aliphatic carbocycles. The predicted octanol–water partition coefficient (Wildman–Crippen LogP) is 11.4. The van der Waals surface area contributed by atoms with Gasteiger partial charge in [0.05, 0.1) is 11.8 Å². The lowest BCUT2D eigenvalue weighted by Crippen LogP contribution is -2.13. The number of rotatable bonds is 31. The first-order valence-electron chi connectivity index (χ1n) is 17.0. The highest BCUT2D eigenvalue weighted by Gasteiger charge is 2.16. The minimum Gasteiger partial charge on any atom is -0.481 e. The fraction of sp³-hybridized carbons (Fsp3) is 0.941. The molecule has 0 aromatic heterocycles. The minimum absolute atomic E-state index is 0.113. The van der Waals surface area contributed by atoms with E-state index in [1.165, 1.54) is 116 Å². The molecule has 0 saturated carbocycles. The van der Waals surface area contributed by atoms with Crippen LogP contribution in [-0.4, -0.2) is 22.2 Å². The fourth-order valence-corrected chi connectivity index (χ4v) is 5.65. The smallest absolute Gasteiger partial charge is 0.306 e. The summed E-state index contributed by atoms with van der Waals surface area (Å²) in [6, 6.07) is 0. The largest absolute Gasteiger partial charge is 0.481 e. The molecule has 0 amide bonds. The Morgan fingerprint density at radius 1 is 0.368 bits per heavy atom. The van der Waals surface area contributed by atoms with Gasteiger partial charge in [-0.05, 0) is 25.7 Å². The summed E-state index contributed by atoms with van der Waals surface area (Å²) < 4.78 is 0. The lowest BCUT2D eigenvalue weighted by Gasteiger charge is -2.11. The molecule has 0 aromatic carbocycles. The summed E-state index contributed by atoms with van der Waals surface area (Å²) in [5.74, 6) is -1.41. The van der Waals surface area contributed by atoms with Gasteiger partial charge in [-0.1, -0.05) is 168 Å². The molecule has 2 atom stereocenters. The zero-order valence-corrected chi connectivity index (χ0v) is 25.7. The summed E-state index contributed by atoms with van der Waals surface area (Å²) in [4.78, 5) is 22.6. The Bertz CT molecular complexity index is 473. The van der Waals surface area contributed by atoms with Crippen LogP contribution in [0.2, 0.25) is 0 Å². The Balaban J connectivity index is 3.28. The lowest BCUT2D eigenvalue weighted by atomic mass is 9.95. The van der Waals surface area contributed by atoms with E-state index in [1.54, 1.807) is 0 Å². The molecule has 0 rings (SSSR count). The topological polar surface area (TPSA) is 74.6 Å². The van der Waals surface area contributed by atoms with Crippen LogP contribution in [0.25, 0.3) is 0 Å². The van der Waals surface area contributed by atoms with Gasteiger partial charge in [0.25, 0.3) is 0 Å². The maximum Gasteiger partial charge on any atom is 0.306 e. The lowest BCUT2D eigenvalue weighted by molar-refractivity contribution is -0.143. The molecule has 4 nitrogen and oxygen atoms in total. The summed E-state index contributed by atoms with van der Waals surface area (Å²) in [5.41, 5.74) is 0. The van der Waals surface area contributed by atoms with Crippen molar-refractivity contribution in [2.24, 2.45) is 11.8 Å². The van der Waals surface area contributed by atoms with E-state index in [-0.39, 0.29) is 11.8 Å². The second-order valence-electron chi connectivity index (χ2n) is 12.0. The highest BCUT2D eigenvalue weighted by atomic mass is 16.4. The third-order valence-electron chi connectivity index (χ3n) is 8.37. The fourth-order valence-electron chi connectivity index (χ4n) is 5.65. The van der Waals surface area contributed by atoms with Crippen molar-refractivity contribution in [3.8, 4) is 0 Å². The maximum absolute atomic E-state index is 11.3. The van der Waals surface area contributed by atoms with Gasteiger partial charge in [0.2, 0.25) is 0 Å². The summed E-state index contributed by atoms with van der Waals surface area (Å²) in [7, 11) is 0. The van der Waals surface area contributed by atoms with Crippen molar-refractivity contribution in [1.82, 2.24) is 0 Å². The Hall–Kier alpha value is -1.06. The summed E-state index contributed by atoms with van der Waals surface area (Å²) in [5, 5.41) is 18.6. The van der Waals surface area contributed by atoms with Crippen LogP contribution >= 0.6 is 0 Å². The minimum atomic E-state index is -0.594. The molecule has 0 heterocycles. The Morgan fingerprint density at radius 3 is 0.737 bits per heavy atom. The van der Waals surface area contributed by atoms with E-state index in [0.717, 1.165) is 64.2 Å². The van der Waals surface area contributed by atoms with Gasteiger partial charge >= 0.3 is 11.9 Å². The molecule has 4 heteroatoms. The van der Waals surface area contributed by atoms with E-state index >= 15 is 0 Å². The van der Waals surface area contributed by atoms with Crippen LogP contribution in [-0.2, 0) is 9.59 Å². The SMILES string of the molecule is CCCCC(CCCCCCCCCCCCCCCCCCCCCCC(CCCC)C(=O)O)C(=O)O. The summed E-state index contributed by atoms with van der Waals surface area (Å²) in [6.45, 7) is 4.26. The third kappa shape index (κ3) is 25.2. The molecule has 2 unspecified atom stereocenters. The second kappa shape index (κ2) is 28.9. The quantitative estimate of drug-likeness (QED) is 0.0860. The number of carbonyl (C=O) groups is 2. The monoisotopic (exact) mass is 538 g/mol. The molecular weight excluding hydrogens is 472 g/mol. The Labute approximate surface area is 237 Å². The standard InChI is InChI=1S/C34H66O4/c1-3-5-27-31(33(35)36)29-25-23-21-19-17-15-13-11-9-7-8-10-12-14-16-18-20-22-24-26-30-32(34(37)38)28-6-4-2/h31-32H,3-30H2,1-2H3,(H,35,36)(H,37,38). The molecule has 226 valence electrons. The normalized spacial score (nSPS) is 13.0. The zero-order chi connectivity index (χ0) is 28.1. The molecule has 0 fully saturated rings. The Morgan fingerprint density at radius 2 is 0.553 bits per heavy atom. The average molecular weight is 539 g/mol. The molecule has 38 heavy (non-hydrogen) atoms. The number of carboxylic acid groups (broad SMARTS) is 2. The van der Waals surface area contributed by atoms with Crippen molar-refractivity contribution >= 4 is 11.9 Å². The van der Waals surface area contributed by atoms with Crippen LogP contribution < -0.4 is 0 Å². The highest BCUT2D eigenvalue weighted by Crippen LogP contribution is 2.20. The highest BCUT2D eigenvalue weighted by molar-refractivity contribution is 5.70. The first-order chi connectivity index (χ1) is 18.5. The maximum atomic E-state index is 11.3. The number of hydrogen-bond donors (Lipinski definition) is 2. The molecule has 0 bridgehead atoms. The van der Waals surface area contributed by atoms with Crippen molar-refractivity contribution in [2.75, 3.05) is 0 Å². The first kappa shape index (κ1) is 36.9. The third-order valence-corrected chi connectivity index (χ3v) is 8.37. The first-order valence-corrected chi connectivity index (χ1v) is 17.0. The van der Waals surface area contributed by atoms with E-state index in [9.17, 15) is 19.8 Å². The average Bonchev–Trinajstić information content (AvgIpc) is 2.89. The van der Waals surface area contributed by atoms with Gasteiger partial charge in [0.1, 0.15) is 0 Å². The van der Waals surface area contributed by atoms with Crippen molar-refractivity contribution in [1.29, 1.82) is 0 Å². The van der Waals surface area contributed by atoms with Crippen LogP contribution in [0.3, 0.4) is 0 Å². The Kier molecular flexibility index (Phi) is 28.1. The van der Waals surface area contributed by atoms with Gasteiger partial charge in [-0.25, -0.2) is 0 Å². The summed E-state index contributed by atoms with van der Waals surface area (Å²) >= 11 is 0. The van der Waals surface area contributed by atoms with E-state index in [2.05, 4.69) is 13.8 Å². The molecule has 0 aromatic rings. The van der Waals surface area contributed by atoms with Crippen LogP contribution in [0, 0.1) is 11.8 Å². The van der Waals surface area contributed by atoms with E-state index in [1.807, 2.05) is 0 Å². The number of aliphatic carboxylic acids is 2. The van der Waals surface area contributed by atoms with Crippen molar-refractivity contribution in [3.05, 3.63) is 0 Å². The molecule has 2 N–H and O–H groups in total. The summed E-state index contributed by atoms with van der Waals surface area (Å²) in [6.07, 6.45) is 34.0. The number of unbranched alkanes of at least 4 members (excludes halogenated alkanes) is 21. The van der Waals surface area contributed by atoms with Crippen molar-refractivity contribution < 1.29 is 19.8 Å². The molecular formula is C34H66O4. The molecule has 0 spiro atoms. The number of hydrogen-bond acceptors (Lipinski definition) is 2. The van der Waals surface area contributed by atoms with E-state index in [4.69, 9.17) is 0 Å². The van der Waals surface area contributed by atoms with Crippen LogP contribution in [0.15, 0.2) is 0 Å². The van der Waals surface area contributed by atoms with Crippen LogP contribution in [0.5, 0.6) is 0 Å². The zero-order valence-electron chi connectivity index (χ0n) is 25.7. The van der Waals surface area contributed by atoms with Crippen molar-refractivity contribution in [2.45, 2.75) is 194 Å². The van der Waals surface area contributed by atoms with Gasteiger partial charge in [0, 0.05) is 0 Å². The van der Waals surface area contributed by atoms with Gasteiger partial charge in [-0.3, -0.25) is 9.59 Å². The molecule has 0 saturated heterocycles. The van der Waals surface area contributed by atoms with E-state index in [0.29, 0.717) is 0 Å². The molecule has 0 aliphatic rings. The predicted molar refractivity (Wildman–Crippen MR) is 163 cm³/mol. The van der Waals surface area contributed by atoms with Gasteiger partial charge in [-0.15, -0.1) is 0 Å². The second-order valence-corrected chi connectivity index (χ2v) is 12.0. The van der Waals surface area contributed by atoms with Crippen LogP contribution in [0.1, 0.15) is 194 Å². The van der Waals surface area contributed by atoms with Gasteiger partial charge < -0.3 is 10.2 Å². The molecule has 0 radical (unpaired) electrons. The van der Waals surface area contributed by atoms with Gasteiger partial charge in [0.15, 0.2) is 0 Å². The van der Waals surface area contributed by atoms with Gasteiger partial charge in [-0.2, -0.15) is 0 Å². The number of carboxylic acids is 2. The van der Waals surface area contributed by atoms with E-state index < -0.39 is 11.9 Å². The van der Waals surface area contributed by atoms with Crippen LogP contribution in [0.4, 0.5) is 0 Å².